The Morgan fingerprint density at radius 3 is 1.21 bits per heavy atom. The van der Waals surface area contributed by atoms with Crippen LogP contribution in [0.25, 0.3) is 0 Å². The lowest BCUT2D eigenvalue weighted by molar-refractivity contribution is 0.0236. The molecule has 0 amide bonds. The molecule has 6 aromatic carbocycles. The van der Waals surface area contributed by atoms with E-state index in [4.69, 9.17) is 33.5 Å². The van der Waals surface area contributed by atoms with Crippen molar-refractivity contribution < 1.29 is 38.6 Å². The number of nitrogens with zero attached hydrogens (tertiary/aromatic N) is 2. The van der Waals surface area contributed by atoms with Crippen LogP contribution in [-0.2, 0) is 57.8 Å². The fraction of sp³-hybridized carbons (Fsp3) is 0.474. The van der Waals surface area contributed by atoms with Gasteiger partial charge in [-0.2, -0.15) is 11.8 Å². The fourth-order valence-corrected chi connectivity index (χ4v) is 14.5. The highest BCUT2D eigenvalue weighted by Crippen LogP contribution is 2.32. The number of unbranched alkanes of at least 4 members (excludes halogenated alkanes) is 3. The van der Waals surface area contributed by atoms with Crippen molar-refractivity contribution in [2.45, 2.75) is 227 Å². The number of aromatic nitrogens is 2. The largest absolute Gasteiger partial charge is 0.494 e. The standard InChI is InChI=1S/C17H26O.2C16H19NO.C16H24O2S.C15H24O2.C15H18OS/c1-2-13-18-17-12-6-11-16(14-17)10-5-9-15-7-3-4-8-15;1-2-11-18-16-7-3-5-14(12-16)8-9-15-6-4-10-17-13-15;1-2-12-18-16-8-5-6-14(13-16)9-10-15-7-3-4-11-17-15;1-2-10-18-15-5-3-4-14(13-15)6-7-16(17)8-11-19-12-9-16;1-2-12-17-15-10-7-9-14(13-15)8-5-3-4-6-11-16;1-2-10-16-14-6-3-5-13(12-14)8-9-15-7-4-11-17-15/h6,11-12,14-15H,2-5,7-10,13H2,1H3;3-7,10,12-13H,2,8-9,11H2,1H3;3-8,11,13H,2,9-10,12H2,1H3;3-5,13,17H,2,6-12H2,1H3;7,9-10,13,16H,2-6,8,11-12H2,1H3;3-7,11-12H,2,8-10H2,1H3. The first-order chi connectivity index (χ1) is 52.6. The van der Waals surface area contributed by atoms with Crippen LogP contribution in [0, 0.1) is 5.92 Å². The van der Waals surface area contributed by atoms with E-state index < -0.39 is 5.60 Å². The van der Waals surface area contributed by atoms with Gasteiger partial charge in [-0.3, -0.25) is 9.97 Å². The zero-order valence-electron chi connectivity index (χ0n) is 66.0. The van der Waals surface area contributed by atoms with Crippen LogP contribution in [0.2, 0.25) is 0 Å². The number of hydrogen-bond acceptors (Lipinski definition) is 12. The molecular weight excluding hydrogens is 1360 g/mol. The third-order valence-corrected chi connectivity index (χ3v) is 20.4. The van der Waals surface area contributed by atoms with Crippen molar-refractivity contribution in [3.63, 3.8) is 0 Å². The van der Waals surface area contributed by atoms with Gasteiger partial charge in [0.2, 0.25) is 0 Å². The van der Waals surface area contributed by atoms with E-state index in [0.717, 1.165) is 219 Å². The SMILES string of the molecule is CCCOc1cccc(CCC2(O)CCSCC2)c1.CCCOc1cccc(CCCC2CCCC2)c1.CCCOc1cccc(CCCCCCO)c1.CCCOc1cccc(CCc2ccccn2)c1.CCCOc1cccc(CCc2cccnc2)c1.CCCOc1cccc(CCc2cccs2)c1. The Balaban J connectivity index is 0.000000201. The van der Waals surface area contributed by atoms with Crippen LogP contribution in [0.4, 0.5) is 0 Å². The predicted octanol–water partition coefficient (Wildman–Crippen LogP) is 23.9. The van der Waals surface area contributed by atoms with Crippen molar-refractivity contribution in [2.75, 3.05) is 57.8 Å². The molecule has 1 saturated heterocycles. The minimum Gasteiger partial charge on any atom is -0.494 e. The first kappa shape index (κ1) is 88.3. The highest BCUT2D eigenvalue weighted by atomic mass is 32.2. The Morgan fingerprint density at radius 1 is 0.393 bits per heavy atom. The monoisotopic (exact) mass is 1490 g/mol. The van der Waals surface area contributed by atoms with Gasteiger partial charge in [-0.05, 0) is 294 Å². The van der Waals surface area contributed by atoms with E-state index in [2.05, 4.69) is 190 Å². The molecule has 0 atom stereocenters. The molecular formula is C95H130N2O8S2. The molecule has 107 heavy (non-hydrogen) atoms. The topological polar surface area (TPSA) is 122 Å². The van der Waals surface area contributed by atoms with Crippen molar-refractivity contribution in [1.29, 1.82) is 0 Å². The van der Waals surface area contributed by atoms with Crippen LogP contribution in [-0.4, -0.2) is 83.5 Å². The van der Waals surface area contributed by atoms with Gasteiger partial charge in [0.1, 0.15) is 34.5 Å². The number of aliphatic hydroxyl groups excluding tert-OH is 1. The molecule has 12 heteroatoms. The minimum absolute atomic E-state index is 0.320. The Kier molecular flexibility index (Phi) is 46.7. The van der Waals surface area contributed by atoms with Crippen LogP contribution in [0.1, 0.15) is 213 Å². The number of benzene rings is 6. The van der Waals surface area contributed by atoms with Crippen LogP contribution >= 0.6 is 23.1 Å². The third-order valence-electron chi connectivity index (χ3n) is 18.5. The average Bonchev–Trinajstić information content (AvgIpc) is 1.46. The summed E-state index contributed by atoms with van der Waals surface area (Å²) in [5.74, 6) is 9.11. The molecule has 0 spiro atoms. The Morgan fingerprint density at radius 2 is 0.804 bits per heavy atom. The summed E-state index contributed by atoms with van der Waals surface area (Å²) >= 11 is 3.78. The zero-order valence-corrected chi connectivity index (χ0v) is 67.6. The number of thiophene rings is 1. The van der Waals surface area contributed by atoms with E-state index in [1.54, 1.807) is 0 Å². The molecule has 0 radical (unpaired) electrons. The smallest absolute Gasteiger partial charge is 0.119 e. The second-order valence-electron chi connectivity index (χ2n) is 28.0. The number of thioether (sulfide) groups is 1. The maximum Gasteiger partial charge on any atom is 0.119 e. The van der Waals surface area contributed by atoms with E-state index >= 15 is 0 Å². The number of aryl methyl sites for hydroxylation is 9. The van der Waals surface area contributed by atoms with E-state index in [1.807, 2.05) is 96.3 Å². The summed E-state index contributed by atoms with van der Waals surface area (Å²) in [6, 6.07) is 64.9. The number of rotatable bonds is 40. The maximum absolute atomic E-state index is 10.5. The van der Waals surface area contributed by atoms with Gasteiger partial charge in [-0.1, -0.05) is 177 Å². The van der Waals surface area contributed by atoms with E-state index in [-0.39, 0.29) is 0 Å². The summed E-state index contributed by atoms with van der Waals surface area (Å²) in [5.41, 5.74) is 9.99. The van der Waals surface area contributed by atoms with Gasteiger partial charge in [-0.25, -0.2) is 0 Å². The molecule has 1 saturated carbocycles. The number of pyridine rings is 2. The van der Waals surface area contributed by atoms with E-state index in [9.17, 15) is 5.11 Å². The van der Waals surface area contributed by atoms with Crippen molar-refractivity contribution >= 4 is 23.1 Å². The lowest BCUT2D eigenvalue weighted by atomic mass is 9.89. The zero-order chi connectivity index (χ0) is 75.7. The summed E-state index contributed by atoms with van der Waals surface area (Å²) in [6.45, 7) is 17.8. The molecule has 3 aromatic heterocycles. The quantitative estimate of drug-likeness (QED) is 0.0357. The van der Waals surface area contributed by atoms with Crippen LogP contribution in [0.3, 0.4) is 0 Å². The van der Waals surface area contributed by atoms with Gasteiger partial charge >= 0.3 is 0 Å². The summed E-state index contributed by atoms with van der Waals surface area (Å²) in [6.07, 6.45) is 37.1. The summed E-state index contributed by atoms with van der Waals surface area (Å²) in [7, 11) is 0. The Bertz CT molecular complexity index is 3530. The van der Waals surface area contributed by atoms with Crippen molar-refractivity contribution in [3.8, 4) is 34.5 Å². The lowest BCUT2D eigenvalue weighted by Crippen LogP contribution is -2.33. The molecule has 9 aromatic rings. The second-order valence-corrected chi connectivity index (χ2v) is 30.3. The van der Waals surface area contributed by atoms with Crippen molar-refractivity contribution in [1.82, 2.24) is 9.97 Å². The molecule has 2 N–H and O–H groups in total. The van der Waals surface area contributed by atoms with E-state index in [1.165, 1.54) is 102 Å². The molecule has 10 nitrogen and oxygen atoms in total. The third kappa shape index (κ3) is 40.4. The average molecular weight is 1490 g/mol. The summed E-state index contributed by atoms with van der Waals surface area (Å²) in [4.78, 5) is 9.91. The molecule has 1 aliphatic heterocycles. The van der Waals surface area contributed by atoms with Crippen LogP contribution in [0.15, 0.2) is 212 Å². The summed E-state index contributed by atoms with van der Waals surface area (Å²) < 4.78 is 33.8. The van der Waals surface area contributed by atoms with Crippen LogP contribution < -0.4 is 28.4 Å². The Labute approximate surface area is 654 Å². The number of hydrogen-bond donors (Lipinski definition) is 2. The molecule has 1 aliphatic carbocycles. The molecule has 0 unspecified atom stereocenters. The highest BCUT2D eigenvalue weighted by Gasteiger charge is 2.29. The first-order valence-corrected chi connectivity index (χ1v) is 42.7. The molecule has 4 heterocycles. The van der Waals surface area contributed by atoms with Gasteiger partial charge in [0, 0.05) is 35.8 Å². The fourth-order valence-electron chi connectivity index (χ4n) is 12.5. The minimum atomic E-state index is -0.439. The predicted molar refractivity (Wildman–Crippen MR) is 452 cm³/mol. The van der Waals surface area contributed by atoms with Gasteiger partial charge in [0.05, 0.1) is 45.2 Å². The summed E-state index contributed by atoms with van der Waals surface area (Å²) in [5, 5.41) is 21.3. The maximum atomic E-state index is 10.5. The molecule has 2 fully saturated rings. The lowest BCUT2D eigenvalue weighted by Gasteiger charge is -2.31. The highest BCUT2D eigenvalue weighted by molar-refractivity contribution is 7.99. The molecule has 0 bridgehead atoms. The number of aliphatic hydroxyl groups is 2. The van der Waals surface area contributed by atoms with Crippen molar-refractivity contribution in [2.24, 2.45) is 5.92 Å². The Hall–Kier alpha value is -7.61. The first-order valence-electron chi connectivity index (χ1n) is 40.6. The van der Waals surface area contributed by atoms with Crippen molar-refractivity contribution in [3.05, 3.63) is 262 Å². The van der Waals surface area contributed by atoms with E-state index in [0.29, 0.717) is 6.61 Å². The van der Waals surface area contributed by atoms with Gasteiger partial charge in [0.25, 0.3) is 0 Å². The van der Waals surface area contributed by atoms with Gasteiger partial charge in [0.15, 0.2) is 0 Å². The number of ether oxygens (including phenoxy) is 6. The second kappa shape index (κ2) is 56.6. The van der Waals surface area contributed by atoms with Gasteiger partial charge in [-0.15, -0.1) is 11.3 Å². The molecule has 580 valence electrons. The molecule has 2 aliphatic rings. The molecule has 11 rings (SSSR count). The van der Waals surface area contributed by atoms with Crippen LogP contribution in [0.5, 0.6) is 34.5 Å². The van der Waals surface area contributed by atoms with Gasteiger partial charge < -0.3 is 38.6 Å². The normalized spacial score (nSPS) is 12.7.